The van der Waals surface area contributed by atoms with Crippen LogP contribution in [0, 0.1) is 5.92 Å². The average Bonchev–Trinajstić information content (AvgIpc) is 2.92. The van der Waals surface area contributed by atoms with Gasteiger partial charge in [-0.15, -0.1) is 0 Å². The third-order valence-electron chi connectivity index (χ3n) is 7.31. The Morgan fingerprint density at radius 3 is 2.14 bits per heavy atom. The van der Waals surface area contributed by atoms with Crippen LogP contribution in [0.4, 0.5) is 32.0 Å². The zero-order valence-corrected chi connectivity index (χ0v) is 24.2. The molecule has 0 aromatic heterocycles. The first kappa shape index (κ1) is 32.7. The first-order valence-corrected chi connectivity index (χ1v) is 15.9. The number of halogens is 6. The molecule has 0 bridgehead atoms. The number of alkyl halides is 6. The molecule has 1 amide bonds. The van der Waals surface area contributed by atoms with Crippen LogP contribution in [0.25, 0.3) is 6.08 Å². The summed E-state index contributed by atoms with van der Waals surface area (Å²) in [5, 5.41) is 12.2. The van der Waals surface area contributed by atoms with Gasteiger partial charge >= 0.3 is 18.3 Å². The molecule has 4 rings (SSSR count). The molecule has 234 valence electrons. The van der Waals surface area contributed by atoms with Gasteiger partial charge in [-0.25, -0.2) is 8.42 Å². The molecule has 0 spiro atoms. The Morgan fingerprint density at radius 1 is 0.930 bits per heavy atom. The molecule has 2 N–H and O–H groups in total. The lowest BCUT2D eigenvalue weighted by atomic mass is 9.97. The molecule has 15 heteroatoms. The fourth-order valence-corrected chi connectivity index (χ4v) is 7.60. The van der Waals surface area contributed by atoms with Gasteiger partial charge in [0.25, 0.3) is 0 Å². The highest BCUT2D eigenvalue weighted by Gasteiger charge is 2.46. The predicted molar refractivity (Wildman–Crippen MR) is 148 cm³/mol. The van der Waals surface area contributed by atoms with E-state index in [9.17, 15) is 44.3 Å². The van der Waals surface area contributed by atoms with Crippen LogP contribution >= 0.6 is 11.8 Å². The van der Waals surface area contributed by atoms with Gasteiger partial charge < -0.3 is 15.3 Å². The summed E-state index contributed by atoms with van der Waals surface area (Å²) in [6.45, 7) is 0.118. The van der Waals surface area contributed by atoms with E-state index in [4.69, 9.17) is 5.11 Å². The number of carbonyl (C=O) groups excluding carboxylic acids is 1. The van der Waals surface area contributed by atoms with Crippen molar-refractivity contribution in [3.63, 3.8) is 0 Å². The number of hydrogen-bond acceptors (Lipinski definition) is 6. The number of aliphatic carboxylic acids is 1. The maximum absolute atomic E-state index is 14.2. The quantitative estimate of drug-likeness (QED) is 0.272. The molecule has 0 unspecified atom stereocenters. The summed E-state index contributed by atoms with van der Waals surface area (Å²) in [5.41, 5.74) is -4.14. The number of carbonyl (C=O) groups is 2. The number of rotatable bonds is 7. The van der Waals surface area contributed by atoms with Gasteiger partial charge in [0.2, 0.25) is 5.91 Å². The molecule has 2 aromatic carbocycles. The summed E-state index contributed by atoms with van der Waals surface area (Å²) in [7, 11) is -3.10. The largest absolute Gasteiger partial charge is 0.481 e. The number of piperidine rings is 1. The van der Waals surface area contributed by atoms with Gasteiger partial charge in [-0.2, -0.15) is 26.3 Å². The van der Waals surface area contributed by atoms with Crippen LogP contribution < -0.4 is 5.32 Å². The second-order valence-electron chi connectivity index (χ2n) is 10.4. The lowest BCUT2D eigenvalue weighted by molar-refractivity contribution is -0.163. The smallest absolute Gasteiger partial charge is 0.418 e. The minimum atomic E-state index is -5.41. The summed E-state index contributed by atoms with van der Waals surface area (Å²) < 4.78 is 109. The number of hydrogen-bond donors (Lipinski definition) is 2. The van der Waals surface area contributed by atoms with Crippen molar-refractivity contribution in [3.8, 4) is 0 Å². The van der Waals surface area contributed by atoms with Crippen LogP contribution in [0.1, 0.15) is 42.4 Å². The standard InChI is InChI=1S/C28H28F6N2O5S2/c29-27(30,31)24-17(5-7-23(37)36-12-8-18(9-13-36)26(38)39)4-6-22(25(24)28(32,33)34)42-21-3-1-2-20(16-21)35-19-10-14-43(40,41)15-11-19/h1-7,16,18-19,35H,8-15H2,(H,38,39)/b7-5+. The third-order valence-corrected chi connectivity index (χ3v) is 10.1. The lowest BCUT2D eigenvalue weighted by Gasteiger charge is -2.29. The Labute approximate surface area is 248 Å². The Hall–Kier alpha value is -3.20. The van der Waals surface area contributed by atoms with Gasteiger partial charge in [-0.3, -0.25) is 9.59 Å². The van der Waals surface area contributed by atoms with E-state index in [1.807, 2.05) is 0 Å². The maximum atomic E-state index is 14.2. The average molecular weight is 651 g/mol. The van der Waals surface area contributed by atoms with E-state index in [0.29, 0.717) is 36.4 Å². The van der Waals surface area contributed by atoms with Crippen LogP contribution in [0.3, 0.4) is 0 Å². The molecule has 2 aliphatic rings. The van der Waals surface area contributed by atoms with Crippen molar-refractivity contribution in [1.29, 1.82) is 0 Å². The lowest BCUT2D eigenvalue weighted by Crippen LogP contribution is -2.39. The molecule has 0 aliphatic carbocycles. The fourth-order valence-electron chi connectivity index (χ4n) is 5.07. The van der Waals surface area contributed by atoms with Crippen LogP contribution in [0.5, 0.6) is 0 Å². The summed E-state index contributed by atoms with van der Waals surface area (Å²) >= 11 is 0.503. The summed E-state index contributed by atoms with van der Waals surface area (Å²) in [4.78, 5) is 24.5. The van der Waals surface area contributed by atoms with Crippen LogP contribution in [0.15, 0.2) is 52.3 Å². The highest BCUT2D eigenvalue weighted by Crippen LogP contribution is 2.48. The normalized spacial score (nSPS) is 18.6. The number of anilines is 1. The predicted octanol–water partition coefficient (Wildman–Crippen LogP) is 6.20. The number of benzene rings is 2. The van der Waals surface area contributed by atoms with Crippen molar-refractivity contribution in [2.24, 2.45) is 5.92 Å². The number of carboxylic acid groups (broad SMARTS) is 1. The molecule has 0 saturated carbocycles. The molecule has 2 heterocycles. The molecule has 0 atom stereocenters. The number of carboxylic acids is 1. The number of amides is 1. The van der Waals surface area contributed by atoms with E-state index >= 15 is 0 Å². The number of nitrogens with one attached hydrogen (secondary N) is 1. The van der Waals surface area contributed by atoms with Crippen molar-refractivity contribution in [2.45, 2.75) is 53.9 Å². The summed E-state index contributed by atoms with van der Waals surface area (Å²) in [6.07, 6.45) is -8.30. The number of nitrogens with zero attached hydrogens (tertiary/aromatic N) is 1. The van der Waals surface area contributed by atoms with Gasteiger partial charge in [0, 0.05) is 40.7 Å². The Kier molecular flexibility index (Phi) is 9.74. The number of likely N-dealkylation sites (tertiary alicyclic amines) is 1. The second kappa shape index (κ2) is 12.8. The minimum Gasteiger partial charge on any atom is -0.481 e. The van der Waals surface area contributed by atoms with Gasteiger partial charge in [0.05, 0.1) is 28.6 Å². The van der Waals surface area contributed by atoms with E-state index in [1.165, 1.54) is 23.1 Å². The zero-order chi connectivity index (χ0) is 31.6. The first-order chi connectivity index (χ1) is 20.0. The van der Waals surface area contributed by atoms with E-state index in [-0.39, 0.29) is 48.4 Å². The molecular weight excluding hydrogens is 622 g/mol. The molecule has 2 saturated heterocycles. The Morgan fingerprint density at radius 2 is 1.56 bits per heavy atom. The topological polar surface area (TPSA) is 104 Å². The van der Waals surface area contributed by atoms with E-state index in [2.05, 4.69) is 5.32 Å². The molecular formula is C28H28F6N2O5S2. The van der Waals surface area contributed by atoms with Crippen LogP contribution in [-0.2, 0) is 31.8 Å². The highest BCUT2D eigenvalue weighted by atomic mass is 32.2. The van der Waals surface area contributed by atoms with E-state index < -0.39 is 61.6 Å². The molecule has 2 fully saturated rings. The zero-order valence-electron chi connectivity index (χ0n) is 22.5. The van der Waals surface area contributed by atoms with Gasteiger partial charge in [-0.05, 0) is 61.6 Å². The molecule has 0 radical (unpaired) electrons. The van der Waals surface area contributed by atoms with Crippen LogP contribution in [-0.4, -0.2) is 60.9 Å². The van der Waals surface area contributed by atoms with Crippen molar-refractivity contribution < 1.29 is 49.5 Å². The maximum Gasteiger partial charge on any atom is 0.418 e. The van der Waals surface area contributed by atoms with E-state index in [0.717, 1.165) is 18.2 Å². The van der Waals surface area contributed by atoms with Crippen molar-refractivity contribution in [2.75, 3.05) is 29.9 Å². The van der Waals surface area contributed by atoms with E-state index in [1.54, 1.807) is 6.07 Å². The molecule has 7 nitrogen and oxygen atoms in total. The summed E-state index contributed by atoms with van der Waals surface area (Å²) in [5.74, 6) is -2.39. The fraction of sp³-hybridized carbons (Fsp3) is 0.429. The van der Waals surface area contributed by atoms with Gasteiger partial charge in [0.15, 0.2) is 0 Å². The highest BCUT2D eigenvalue weighted by molar-refractivity contribution is 7.99. The molecule has 43 heavy (non-hydrogen) atoms. The van der Waals surface area contributed by atoms with Crippen molar-refractivity contribution >= 4 is 45.2 Å². The Balaban J connectivity index is 1.60. The molecule has 2 aromatic rings. The first-order valence-electron chi connectivity index (χ1n) is 13.3. The number of sulfone groups is 1. The van der Waals surface area contributed by atoms with Gasteiger partial charge in [-0.1, -0.05) is 23.9 Å². The second-order valence-corrected chi connectivity index (χ2v) is 13.8. The van der Waals surface area contributed by atoms with Crippen molar-refractivity contribution in [3.05, 3.63) is 59.2 Å². The SMILES string of the molecule is O=C(O)C1CCN(C(=O)/C=C/c2ccc(Sc3cccc(NC4CCS(=O)(=O)CC4)c3)c(C(F)(F)F)c2C(F)(F)F)CC1. The van der Waals surface area contributed by atoms with Crippen LogP contribution in [0.2, 0.25) is 0 Å². The Bertz CT molecular complexity index is 1490. The molecule has 2 aliphatic heterocycles. The monoisotopic (exact) mass is 650 g/mol. The minimum absolute atomic E-state index is 0.00385. The summed E-state index contributed by atoms with van der Waals surface area (Å²) in [6, 6.07) is 7.74. The van der Waals surface area contributed by atoms with Gasteiger partial charge in [0.1, 0.15) is 9.84 Å². The third kappa shape index (κ3) is 8.46. The van der Waals surface area contributed by atoms with Crippen molar-refractivity contribution in [1.82, 2.24) is 4.90 Å².